The molecular formula is C51H37NO. The molecule has 8 aromatic carbocycles. The van der Waals surface area contributed by atoms with Crippen LogP contribution >= 0.6 is 0 Å². The molecule has 0 saturated heterocycles. The number of furan rings is 1. The molecule has 252 valence electrons. The van der Waals surface area contributed by atoms with E-state index in [9.17, 15) is 0 Å². The highest BCUT2D eigenvalue weighted by atomic mass is 16.3. The molecule has 1 heterocycles. The van der Waals surface area contributed by atoms with Crippen LogP contribution in [0.5, 0.6) is 0 Å². The van der Waals surface area contributed by atoms with Crippen LogP contribution in [0.25, 0.3) is 66.4 Å². The van der Waals surface area contributed by atoms with Gasteiger partial charge in [-0.05, 0) is 98.6 Å². The van der Waals surface area contributed by atoms with E-state index in [4.69, 9.17) is 4.42 Å². The number of benzene rings is 8. The lowest BCUT2D eigenvalue weighted by Gasteiger charge is -2.26. The van der Waals surface area contributed by atoms with Gasteiger partial charge in [-0.2, -0.15) is 0 Å². The molecular weight excluding hydrogens is 643 g/mol. The molecule has 2 nitrogen and oxygen atoms in total. The van der Waals surface area contributed by atoms with Crippen LogP contribution in [-0.2, 0) is 5.41 Å². The summed E-state index contributed by atoms with van der Waals surface area (Å²) in [6, 6.07) is 67.7. The maximum atomic E-state index is 6.32. The second-order valence-corrected chi connectivity index (χ2v) is 14.6. The molecule has 0 saturated carbocycles. The topological polar surface area (TPSA) is 16.4 Å². The number of fused-ring (bicyclic) bond motifs is 6. The first kappa shape index (κ1) is 31.1. The molecule has 1 aliphatic rings. The first-order chi connectivity index (χ1) is 26.0. The summed E-state index contributed by atoms with van der Waals surface area (Å²) in [7, 11) is 0. The van der Waals surface area contributed by atoms with Crippen molar-refractivity contribution >= 4 is 39.0 Å². The van der Waals surface area contributed by atoms with Gasteiger partial charge >= 0.3 is 0 Å². The Morgan fingerprint density at radius 2 is 0.887 bits per heavy atom. The summed E-state index contributed by atoms with van der Waals surface area (Å²) >= 11 is 0. The Balaban J connectivity index is 0.943. The van der Waals surface area contributed by atoms with Crippen molar-refractivity contribution in [2.45, 2.75) is 19.3 Å². The van der Waals surface area contributed by atoms with Gasteiger partial charge in [-0.3, -0.25) is 0 Å². The second kappa shape index (κ2) is 12.3. The maximum Gasteiger partial charge on any atom is 0.143 e. The lowest BCUT2D eigenvalue weighted by molar-refractivity contribution is 0.660. The number of para-hydroxylation sites is 3. The van der Waals surface area contributed by atoms with Gasteiger partial charge in [0.25, 0.3) is 0 Å². The van der Waals surface area contributed by atoms with Crippen molar-refractivity contribution in [2.24, 2.45) is 0 Å². The number of hydrogen-bond acceptors (Lipinski definition) is 2. The highest BCUT2D eigenvalue weighted by Crippen LogP contribution is 2.49. The fourth-order valence-electron chi connectivity index (χ4n) is 8.33. The lowest BCUT2D eigenvalue weighted by atomic mass is 9.81. The average molecular weight is 680 g/mol. The van der Waals surface area contributed by atoms with Crippen LogP contribution in [0.1, 0.15) is 25.0 Å². The lowest BCUT2D eigenvalue weighted by Crippen LogP contribution is -2.14. The van der Waals surface area contributed by atoms with E-state index < -0.39 is 0 Å². The maximum absolute atomic E-state index is 6.32. The zero-order chi connectivity index (χ0) is 35.5. The van der Waals surface area contributed by atoms with E-state index >= 15 is 0 Å². The molecule has 0 N–H and O–H groups in total. The third-order valence-corrected chi connectivity index (χ3v) is 11.1. The van der Waals surface area contributed by atoms with Gasteiger partial charge in [-0.25, -0.2) is 0 Å². The Morgan fingerprint density at radius 3 is 1.62 bits per heavy atom. The van der Waals surface area contributed by atoms with Crippen LogP contribution in [0.4, 0.5) is 17.1 Å². The fourth-order valence-corrected chi connectivity index (χ4v) is 8.33. The van der Waals surface area contributed by atoms with Crippen LogP contribution in [0, 0.1) is 0 Å². The standard InChI is InChI=1S/C51H37NO/c1-51(2)47-17-8-6-13-43(47)44-32-27-38(33-48(44)51)36-25-30-41(31-26-36)52(39-11-4-3-5-12-39)40-28-23-35(24-29-40)34-19-21-37(22-20-34)42-15-10-16-46-45-14-7-9-18-49(45)53-50(42)46/h3-33H,1-2H3. The predicted molar refractivity (Wildman–Crippen MR) is 222 cm³/mol. The van der Waals surface area contributed by atoms with E-state index in [0.717, 1.165) is 50.1 Å². The average Bonchev–Trinajstić information content (AvgIpc) is 3.71. The molecule has 0 unspecified atom stereocenters. The second-order valence-electron chi connectivity index (χ2n) is 14.6. The number of hydrogen-bond donors (Lipinski definition) is 0. The van der Waals surface area contributed by atoms with E-state index in [1.807, 2.05) is 12.1 Å². The van der Waals surface area contributed by atoms with Crippen molar-refractivity contribution in [1.29, 1.82) is 0 Å². The third kappa shape index (κ3) is 5.18. The number of rotatable bonds is 6. The molecule has 0 radical (unpaired) electrons. The molecule has 0 aliphatic heterocycles. The smallest absolute Gasteiger partial charge is 0.143 e. The van der Waals surface area contributed by atoms with Crippen LogP contribution in [0.2, 0.25) is 0 Å². The first-order valence-corrected chi connectivity index (χ1v) is 18.3. The van der Waals surface area contributed by atoms with Gasteiger partial charge in [-0.1, -0.05) is 153 Å². The van der Waals surface area contributed by atoms with E-state index in [2.05, 4.69) is 195 Å². The fraction of sp³-hybridized carbons (Fsp3) is 0.0588. The van der Waals surface area contributed by atoms with Crippen LogP contribution < -0.4 is 4.90 Å². The summed E-state index contributed by atoms with van der Waals surface area (Å²) in [5.41, 5.74) is 17.7. The van der Waals surface area contributed by atoms with Gasteiger partial charge in [-0.15, -0.1) is 0 Å². The minimum Gasteiger partial charge on any atom is -0.455 e. The zero-order valence-electron chi connectivity index (χ0n) is 29.8. The Bertz CT molecular complexity index is 2770. The normalized spacial score (nSPS) is 12.9. The minimum atomic E-state index is -0.0235. The molecule has 1 aromatic heterocycles. The molecule has 0 spiro atoms. The molecule has 2 heteroatoms. The summed E-state index contributed by atoms with van der Waals surface area (Å²) in [6.07, 6.45) is 0. The van der Waals surface area contributed by atoms with Crippen molar-refractivity contribution in [2.75, 3.05) is 4.90 Å². The molecule has 0 atom stereocenters. The summed E-state index contributed by atoms with van der Waals surface area (Å²) in [5.74, 6) is 0. The Kier molecular flexibility index (Phi) is 7.19. The van der Waals surface area contributed by atoms with Crippen molar-refractivity contribution in [1.82, 2.24) is 0 Å². The molecule has 0 amide bonds. The molecule has 9 aromatic rings. The van der Waals surface area contributed by atoms with Crippen molar-refractivity contribution < 1.29 is 4.42 Å². The molecule has 1 aliphatic carbocycles. The van der Waals surface area contributed by atoms with Gasteiger partial charge in [0, 0.05) is 38.8 Å². The third-order valence-electron chi connectivity index (χ3n) is 11.1. The highest BCUT2D eigenvalue weighted by Gasteiger charge is 2.35. The summed E-state index contributed by atoms with van der Waals surface area (Å²) in [6.45, 7) is 4.68. The van der Waals surface area contributed by atoms with E-state index in [1.165, 1.54) is 44.5 Å². The molecule has 0 fully saturated rings. The van der Waals surface area contributed by atoms with Crippen molar-refractivity contribution in [3.8, 4) is 44.5 Å². The van der Waals surface area contributed by atoms with Gasteiger partial charge in [0.15, 0.2) is 0 Å². The molecule has 10 rings (SSSR count). The van der Waals surface area contributed by atoms with E-state index in [-0.39, 0.29) is 5.41 Å². The van der Waals surface area contributed by atoms with Crippen LogP contribution in [0.15, 0.2) is 192 Å². The van der Waals surface area contributed by atoms with Crippen LogP contribution in [-0.4, -0.2) is 0 Å². The largest absolute Gasteiger partial charge is 0.455 e. The zero-order valence-corrected chi connectivity index (χ0v) is 29.8. The number of nitrogens with zero attached hydrogens (tertiary/aromatic N) is 1. The predicted octanol–water partition coefficient (Wildman–Crippen LogP) is 14.4. The van der Waals surface area contributed by atoms with Gasteiger partial charge in [0.05, 0.1) is 0 Å². The summed E-state index contributed by atoms with van der Waals surface area (Å²) in [5, 5.41) is 2.30. The monoisotopic (exact) mass is 679 g/mol. The van der Waals surface area contributed by atoms with Crippen molar-refractivity contribution in [3.63, 3.8) is 0 Å². The molecule has 53 heavy (non-hydrogen) atoms. The van der Waals surface area contributed by atoms with E-state index in [0.29, 0.717) is 0 Å². The first-order valence-electron chi connectivity index (χ1n) is 18.3. The summed E-state index contributed by atoms with van der Waals surface area (Å²) < 4.78 is 6.32. The quantitative estimate of drug-likeness (QED) is 0.174. The SMILES string of the molecule is CC1(C)c2ccccc2-c2ccc(-c3ccc(N(c4ccccc4)c4ccc(-c5ccc(-c6cccc7c6oc6ccccc67)cc5)cc4)cc3)cc21. The van der Waals surface area contributed by atoms with Gasteiger partial charge in [0.1, 0.15) is 11.2 Å². The van der Waals surface area contributed by atoms with E-state index in [1.54, 1.807) is 0 Å². The Labute approximate surface area is 310 Å². The van der Waals surface area contributed by atoms with Crippen LogP contribution in [0.3, 0.4) is 0 Å². The Hall–Kier alpha value is -6.64. The highest BCUT2D eigenvalue weighted by molar-refractivity contribution is 6.09. The van der Waals surface area contributed by atoms with Gasteiger partial charge in [0.2, 0.25) is 0 Å². The summed E-state index contributed by atoms with van der Waals surface area (Å²) in [4.78, 5) is 2.33. The molecule has 0 bridgehead atoms. The van der Waals surface area contributed by atoms with Gasteiger partial charge < -0.3 is 9.32 Å². The Morgan fingerprint density at radius 1 is 0.377 bits per heavy atom. The van der Waals surface area contributed by atoms with Crippen molar-refractivity contribution in [3.05, 3.63) is 199 Å². The minimum absolute atomic E-state index is 0.0235. The number of anilines is 3.